The van der Waals surface area contributed by atoms with Crippen LogP contribution in [0.25, 0.3) is 0 Å². The minimum Gasteiger partial charge on any atom is -0.474 e. The molecule has 2 aromatic rings. The first-order valence-corrected chi connectivity index (χ1v) is 7.60. The summed E-state index contributed by atoms with van der Waals surface area (Å²) in [4.78, 5) is 6.64. The van der Waals surface area contributed by atoms with Gasteiger partial charge in [-0.1, -0.05) is 6.07 Å². The third kappa shape index (κ3) is 3.42. The zero-order chi connectivity index (χ0) is 17.1. The third-order valence-electron chi connectivity index (χ3n) is 3.88. The molecule has 2 heterocycles. The van der Waals surface area contributed by atoms with Crippen molar-refractivity contribution in [2.75, 3.05) is 5.32 Å². The van der Waals surface area contributed by atoms with Crippen molar-refractivity contribution in [3.05, 3.63) is 47.4 Å². The van der Waals surface area contributed by atoms with E-state index in [-0.39, 0.29) is 12.6 Å². The molecule has 0 radical (unpaired) electrons. The van der Waals surface area contributed by atoms with E-state index >= 15 is 0 Å². The van der Waals surface area contributed by atoms with Crippen LogP contribution in [0.4, 0.5) is 23.2 Å². The van der Waals surface area contributed by atoms with E-state index < -0.39 is 29.2 Å². The van der Waals surface area contributed by atoms with Crippen molar-refractivity contribution in [2.24, 2.45) is 0 Å². The molecule has 2 aromatic heterocycles. The maximum atomic E-state index is 13.6. The van der Waals surface area contributed by atoms with E-state index in [0.29, 0.717) is 11.4 Å². The molecule has 1 saturated carbocycles. The zero-order valence-electron chi connectivity index (χ0n) is 12.7. The van der Waals surface area contributed by atoms with Crippen LogP contribution < -0.4 is 10.1 Å². The Bertz CT molecular complexity index is 709. The third-order valence-corrected chi connectivity index (χ3v) is 3.88. The second-order valence-corrected chi connectivity index (χ2v) is 5.54. The first-order valence-electron chi connectivity index (χ1n) is 7.60. The molecule has 128 valence electrons. The topological polar surface area (TPSA) is 47.0 Å². The highest BCUT2D eigenvalue weighted by Gasteiger charge is 2.22. The molecule has 1 aliphatic carbocycles. The van der Waals surface area contributed by atoms with Crippen LogP contribution in [0.15, 0.2) is 18.3 Å². The molecule has 0 amide bonds. The Morgan fingerprint density at radius 2 is 1.75 bits per heavy atom. The average Bonchev–Trinajstić information content (AvgIpc) is 3.07. The first kappa shape index (κ1) is 16.5. The van der Waals surface area contributed by atoms with Gasteiger partial charge < -0.3 is 10.1 Å². The van der Waals surface area contributed by atoms with E-state index in [1.807, 2.05) is 0 Å². The number of pyridine rings is 2. The molecular formula is C16H15F4N3O. The molecule has 0 saturated heterocycles. The standard InChI is InChI=1S/C16H15F4N3O/c17-11-13(12(18)15(20)23-14(11)19)22-8-9-4-3-7-21-16(9)24-10-5-1-2-6-10/h3-4,7,10H,1-2,5-6,8H2,(H,22,23). The van der Waals surface area contributed by atoms with Crippen LogP contribution in [0.2, 0.25) is 0 Å². The van der Waals surface area contributed by atoms with E-state index in [2.05, 4.69) is 15.3 Å². The average molecular weight is 341 g/mol. The van der Waals surface area contributed by atoms with Gasteiger partial charge in [-0.15, -0.1) is 0 Å². The van der Waals surface area contributed by atoms with Crippen molar-refractivity contribution in [2.45, 2.75) is 38.3 Å². The molecule has 0 spiro atoms. The van der Waals surface area contributed by atoms with Gasteiger partial charge in [0.1, 0.15) is 11.8 Å². The summed E-state index contributed by atoms with van der Waals surface area (Å²) in [5.41, 5.74) is -0.378. The van der Waals surface area contributed by atoms with E-state index in [0.717, 1.165) is 25.7 Å². The Kier molecular flexibility index (Phi) is 4.82. The van der Waals surface area contributed by atoms with Gasteiger partial charge in [0.25, 0.3) is 11.9 Å². The van der Waals surface area contributed by atoms with Crippen molar-refractivity contribution < 1.29 is 22.3 Å². The Morgan fingerprint density at radius 1 is 1.08 bits per heavy atom. The maximum Gasteiger partial charge on any atom is 0.253 e. The van der Waals surface area contributed by atoms with Crippen LogP contribution in [0.3, 0.4) is 0 Å². The molecule has 0 aromatic carbocycles. The van der Waals surface area contributed by atoms with Gasteiger partial charge in [0.15, 0.2) is 0 Å². The van der Waals surface area contributed by atoms with Gasteiger partial charge in [-0.3, -0.25) is 0 Å². The van der Waals surface area contributed by atoms with Crippen molar-refractivity contribution >= 4 is 5.69 Å². The molecule has 8 heteroatoms. The molecule has 4 nitrogen and oxygen atoms in total. The zero-order valence-corrected chi connectivity index (χ0v) is 12.7. The lowest BCUT2D eigenvalue weighted by atomic mass is 10.2. The Balaban J connectivity index is 1.78. The van der Waals surface area contributed by atoms with Gasteiger partial charge in [-0.05, 0) is 31.7 Å². The molecule has 0 atom stereocenters. The highest BCUT2D eigenvalue weighted by molar-refractivity contribution is 5.46. The Labute approximate surface area is 135 Å². The van der Waals surface area contributed by atoms with E-state index in [9.17, 15) is 17.6 Å². The highest BCUT2D eigenvalue weighted by Crippen LogP contribution is 2.27. The second kappa shape index (κ2) is 7.02. The SMILES string of the molecule is Fc1nc(F)c(F)c(NCc2cccnc2OC2CCCC2)c1F. The normalized spacial score (nSPS) is 14.8. The van der Waals surface area contributed by atoms with Gasteiger partial charge >= 0.3 is 0 Å². The molecule has 3 rings (SSSR count). The summed E-state index contributed by atoms with van der Waals surface area (Å²) in [6, 6.07) is 3.30. The van der Waals surface area contributed by atoms with Crippen LogP contribution in [-0.4, -0.2) is 16.1 Å². The fourth-order valence-electron chi connectivity index (χ4n) is 2.65. The number of rotatable bonds is 5. The summed E-state index contributed by atoms with van der Waals surface area (Å²) in [5.74, 6) is -6.21. The summed E-state index contributed by atoms with van der Waals surface area (Å²) in [6.45, 7) is -0.105. The fourth-order valence-corrected chi connectivity index (χ4v) is 2.65. The monoisotopic (exact) mass is 341 g/mol. The number of hydrogen-bond acceptors (Lipinski definition) is 4. The smallest absolute Gasteiger partial charge is 0.253 e. The van der Waals surface area contributed by atoms with Crippen LogP contribution >= 0.6 is 0 Å². The first-order chi connectivity index (χ1) is 11.6. The van der Waals surface area contributed by atoms with E-state index in [1.165, 1.54) is 0 Å². The number of nitrogens with zero attached hydrogens (tertiary/aromatic N) is 2. The van der Waals surface area contributed by atoms with Crippen molar-refractivity contribution in [1.29, 1.82) is 0 Å². The Morgan fingerprint density at radius 3 is 2.42 bits per heavy atom. The summed E-state index contributed by atoms with van der Waals surface area (Å²) in [7, 11) is 0. The molecule has 0 bridgehead atoms. The van der Waals surface area contributed by atoms with Crippen molar-refractivity contribution in [3.8, 4) is 5.88 Å². The maximum absolute atomic E-state index is 13.6. The molecule has 0 aliphatic heterocycles. The molecule has 1 aliphatic rings. The van der Waals surface area contributed by atoms with Crippen LogP contribution in [-0.2, 0) is 6.54 Å². The molecule has 1 N–H and O–H groups in total. The largest absolute Gasteiger partial charge is 0.474 e. The molecular weight excluding hydrogens is 326 g/mol. The van der Waals surface area contributed by atoms with E-state index in [4.69, 9.17) is 4.74 Å². The van der Waals surface area contributed by atoms with Crippen molar-refractivity contribution in [3.63, 3.8) is 0 Å². The van der Waals surface area contributed by atoms with Crippen LogP contribution in [0.1, 0.15) is 31.2 Å². The number of hydrogen-bond donors (Lipinski definition) is 1. The quantitative estimate of drug-likeness (QED) is 0.660. The summed E-state index contributed by atoms with van der Waals surface area (Å²) >= 11 is 0. The van der Waals surface area contributed by atoms with Crippen LogP contribution in [0, 0.1) is 23.5 Å². The van der Waals surface area contributed by atoms with Crippen LogP contribution in [0.5, 0.6) is 5.88 Å². The number of nitrogens with one attached hydrogen (secondary N) is 1. The lowest BCUT2D eigenvalue weighted by Crippen LogP contribution is -2.15. The van der Waals surface area contributed by atoms with Gasteiger partial charge in [-0.25, -0.2) is 4.98 Å². The number of ether oxygens (including phenoxy) is 1. The Hall–Kier alpha value is -2.38. The minimum absolute atomic E-state index is 0.0583. The molecule has 1 fully saturated rings. The van der Waals surface area contributed by atoms with Gasteiger partial charge in [0, 0.05) is 18.3 Å². The summed E-state index contributed by atoms with van der Waals surface area (Å²) in [5, 5.41) is 2.35. The molecule has 0 unspecified atom stereocenters. The predicted molar refractivity (Wildman–Crippen MR) is 78.5 cm³/mol. The van der Waals surface area contributed by atoms with Crippen molar-refractivity contribution in [1.82, 2.24) is 9.97 Å². The summed E-state index contributed by atoms with van der Waals surface area (Å²) < 4.78 is 59.3. The lowest BCUT2D eigenvalue weighted by molar-refractivity contribution is 0.199. The number of halogens is 4. The van der Waals surface area contributed by atoms with Gasteiger partial charge in [-0.2, -0.15) is 22.5 Å². The predicted octanol–water partition coefficient (Wildman–Crippen LogP) is 3.97. The number of aromatic nitrogens is 2. The van der Waals surface area contributed by atoms with Gasteiger partial charge in [0.2, 0.25) is 17.5 Å². The highest BCUT2D eigenvalue weighted by atomic mass is 19.2. The number of anilines is 1. The second-order valence-electron chi connectivity index (χ2n) is 5.54. The van der Waals surface area contributed by atoms with Gasteiger partial charge in [0.05, 0.1) is 0 Å². The molecule has 24 heavy (non-hydrogen) atoms. The van der Waals surface area contributed by atoms with E-state index in [1.54, 1.807) is 18.3 Å². The fraction of sp³-hybridized carbons (Fsp3) is 0.375. The lowest BCUT2D eigenvalue weighted by Gasteiger charge is -2.16. The summed E-state index contributed by atoms with van der Waals surface area (Å²) in [6.07, 6.45) is 5.61. The minimum atomic E-state index is -1.70.